The van der Waals surface area contributed by atoms with Crippen LogP contribution in [0.2, 0.25) is 5.02 Å². The molecule has 0 saturated carbocycles. The Morgan fingerprint density at radius 1 is 0.655 bits per heavy atom. The molecular weight excluding hydrogens is 473 g/mol. The fourth-order valence-electron chi connectivity index (χ4n) is 3.24. The largest absolute Gasteiger partial charge is 0.207 e. The van der Waals surface area contributed by atoms with Crippen molar-refractivity contribution in [3.05, 3.63) is 112 Å². The van der Waals surface area contributed by atoms with Crippen LogP contribution in [0.5, 0.6) is 0 Å². The van der Waals surface area contributed by atoms with Gasteiger partial charge in [-0.05, 0) is 65.8 Å². The van der Waals surface area contributed by atoms with Crippen molar-refractivity contribution in [1.29, 1.82) is 0 Å². The van der Waals surface area contributed by atoms with Gasteiger partial charge in [0.05, 0.1) is 0 Å². The highest BCUT2D eigenvalue weighted by atomic mass is 79.9. The number of hydrogen-bond donors (Lipinski definition) is 0. The first kappa shape index (κ1) is 20.2. The first-order valence-corrected chi connectivity index (χ1v) is 11.4. The summed E-state index contributed by atoms with van der Waals surface area (Å²) in [6.45, 7) is 0. The molecule has 0 saturated heterocycles. The molecule has 4 aromatic rings. The molecule has 0 radical (unpaired) electrons. The molecule has 0 bridgehead atoms. The Kier molecular flexibility index (Phi) is 6.10. The molecule has 0 aliphatic heterocycles. The summed E-state index contributed by atoms with van der Waals surface area (Å²) in [4.78, 5) is 0. The predicted molar refractivity (Wildman–Crippen MR) is 123 cm³/mol. The van der Waals surface area contributed by atoms with E-state index < -0.39 is 7.92 Å². The molecular formula is C24H15BrClF2P. The van der Waals surface area contributed by atoms with Crippen LogP contribution in [-0.4, -0.2) is 0 Å². The Morgan fingerprint density at radius 3 is 1.76 bits per heavy atom. The number of rotatable bonds is 4. The van der Waals surface area contributed by atoms with E-state index in [4.69, 9.17) is 11.6 Å². The van der Waals surface area contributed by atoms with Gasteiger partial charge in [-0.25, -0.2) is 8.78 Å². The lowest BCUT2D eigenvalue weighted by Gasteiger charge is -2.23. The van der Waals surface area contributed by atoms with Crippen LogP contribution in [0.15, 0.2) is 95.5 Å². The molecule has 0 fully saturated rings. The van der Waals surface area contributed by atoms with Crippen LogP contribution in [0.4, 0.5) is 8.78 Å². The van der Waals surface area contributed by atoms with E-state index in [1.165, 1.54) is 24.3 Å². The van der Waals surface area contributed by atoms with E-state index in [1.54, 1.807) is 24.3 Å². The molecule has 0 spiro atoms. The van der Waals surface area contributed by atoms with Crippen LogP contribution >= 0.6 is 35.5 Å². The molecule has 0 heterocycles. The Hall–Kier alpha value is -2.06. The molecule has 0 unspecified atom stereocenters. The van der Waals surface area contributed by atoms with Crippen molar-refractivity contribution in [1.82, 2.24) is 0 Å². The van der Waals surface area contributed by atoms with Crippen LogP contribution in [0, 0.1) is 11.6 Å². The molecule has 0 aliphatic carbocycles. The van der Waals surface area contributed by atoms with Crippen LogP contribution < -0.4 is 15.9 Å². The van der Waals surface area contributed by atoms with Crippen LogP contribution in [0.1, 0.15) is 0 Å². The average molecular weight is 488 g/mol. The number of benzene rings is 4. The van der Waals surface area contributed by atoms with E-state index in [9.17, 15) is 8.78 Å². The highest BCUT2D eigenvalue weighted by Crippen LogP contribution is 2.41. The van der Waals surface area contributed by atoms with Crippen molar-refractivity contribution in [2.45, 2.75) is 0 Å². The lowest BCUT2D eigenvalue weighted by molar-refractivity contribution is 0.628. The number of hydrogen-bond acceptors (Lipinski definition) is 0. The van der Waals surface area contributed by atoms with Gasteiger partial charge in [-0.2, -0.15) is 0 Å². The predicted octanol–water partition coefficient (Wildman–Crippen LogP) is 6.81. The zero-order valence-corrected chi connectivity index (χ0v) is 18.4. The van der Waals surface area contributed by atoms with E-state index in [-0.39, 0.29) is 11.6 Å². The Morgan fingerprint density at radius 2 is 1.21 bits per heavy atom. The van der Waals surface area contributed by atoms with Gasteiger partial charge in [-0.1, -0.05) is 82.1 Å². The Labute approximate surface area is 183 Å². The molecule has 144 valence electrons. The van der Waals surface area contributed by atoms with Crippen LogP contribution in [0.3, 0.4) is 0 Å². The van der Waals surface area contributed by atoms with Gasteiger partial charge in [0.2, 0.25) is 0 Å². The van der Waals surface area contributed by atoms with Crippen molar-refractivity contribution in [2.75, 3.05) is 0 Å². The molecule has 0 aliphatic rings. The molecule has 0 aromatic heterocycles. The lowest BCUT2D eigenvalue weighted by Crippen LogP contribution is -2.22. The zero-order valence-electron chi connectivity index (χ0n) is 15.1. The van der Waals surface area contributed by atoms with E-state index >= 15 is 0 Å². The van der Waals surface area contributed by atoms with E-state index in [0.717, 1.165) is 31.5 Å². The van der Waals surface area contributed by atoms with Gasteiger partial charge in [0.1, 0.15) is 11.6 Å². The van der Waals surface area contributed by atoms with Crippen LogP contribution in [0.25, 0.3) is 11.1 Å². The maximum absolute atomic E-state index is 13.6. The first-order chi connectivity index (χ1) is 14.0. The number of halogens is 4. The third kappa shape index (κ3) is 4.28. The van der Waals surface area contributed by atoms with E-state index in [0.29, 0.717) is 5.02 Å². The maximum Gasteiger partial charge on any atom is 0.123 e. The summed E-state index contributed by atoms with van der Waals surface area (Å²) < 4.78 is 28.1. The van der Waals surface area contributed by atoms with Crippen molar-refractivity contribution in [3.63, 3.8) is 0 Å². The highest BCUT2D eigenvalue weighted by Gasteiger charge is 2.23. The van der Waals surface area contributed by atoms with E-state index in [2.05, 4.69) is 15.9 Å². The fourth-order valence-corrected chi connectivity index (χ4v) is 6.51. The third-order valence-electron chi connectivity index (χ3n) is 4.55. The van der Waals surface area contributed by atoms with Crippen molar-refractivity contribution in [3.8, 4) is 11.1 Å². The summed E-state index contributed by atoms with van der Waals surface area (Å²) in [6, 6.07) is 26.7. The van der Waals surface area contributed by atoms with Crippen LogP contribution in [-0.2, 0) is 0 Å². The third-order valence-corrected chi connectivity index (χ3v) is 8.04. The fraction of sp³-hybridized carbons (Fsp3) is 0. The summed E-state index contributed by atoms with van der Waals surface area (Å²) in [6.07, 6.45) is 0. The van der Waals surface area contributed by atoms with Gasteiger partial charge >= 0.3 is 0 Å². The second-order valence-corrected chi connectivity index (χ2v) is 9.85. The van der Waals surface area contributed by atoms with Gasteiger partial charge in [0, 0.05) is 15.1 Å². The van der Waals surface area contributed by atoms with Crippen molar-refractivity contribution < 1.29 is 8.78 Å². The monoisotopic (exact) mass is 486 g/mol. The normalized spacial score (nSPS) is 11.1. The molecule has 0 N–H and O–H groups in total. The molecule has 4 aromatic carbocycles. The smallest absolute Gasteiger partial charge is 0.123 e. The quantitative estimate of drug-likeness (QED) is 0.278. The molecule has 29 heavy (non-hydrogen) atoms. The summed E-state index contributed by atoms with van der Waals surface area (Å²) in [5, 5.41) is 3.58. The van der Waals surface area contributed by atoms with Gasteiger partial charge in [0.15, 0.2) is 0 Å². The SMILES string of the molecule is Fc1ccc(P(c2ccc(F)cc2)c2cccc(Cl)c2-c2ccccc2Br)cc1. The van der Waals surface area contributed by atoms with Crippen molar-refractivity contribution in [2.24, 2.45) is 0 Å². The summed E-state index contributed by atoms with van der Waals surface area (Å²) >= 11 is 10.3. The minimum absolute atomic E-state index is 0.292. The Balaban J connectivity index is 1.99. The molecule has 0 nitrogen and oxygen atoms in total. The second kappa shape index (κ2) is 8.75. The average Bonchev–Trinajstić information content (AvgIpc) is 2.72. The summed E-state index contributed by atoms with van der Waals surface area (Å²) in [7, 11) is -1.08. The topological polar surface area (TPSA) is 0 Å². The van der Waals surface area contributed by atoms with Gasteiger partial charge < -0.3 is 0 Å². The summed E-state index contributed by atoms with van der Waals surface area (Å²) in [5.74, 6) is -0.583. The second-order valence-electron chi connectivity index (χ2n) is 6.40. The first-order valence-electron chi connectivity index (χ1n) is 8.89. The zero-order chi connectivity index (χ0) is 20.4. The standard InChI is InChI=1S/C24H15BrClF2P/c25-21-5-2-1-4-20(21)24-22(26)6-3-7-23(24)29(18-12-8-16(27)9-13-18)19-14-10-17(28)11-15-19/h1-15H. The van der Waals surface area contributed by atoms with Gasteiger partial charge in [-0.3, -0.25) is 0 Å². The molecule has 0 atom stereocenters. The summed E-state index contributed by atoms with van der Waals surface area (Å²) in [5.41, 5.74) is 1.89. The minimum atomic E-state index is -1.08. The lowest BCUT2D eigenvalue weighted by atomic mass is 10.1. The van der Waals surface area contributed by atoms with Crippen molar-refractivity contribution >= 4 is 51.4 Å². The van der Waals surface area contributed by atoms with Gasteiger partial charge in [0.25, 0.3) is 0 Å². The van der Waals surface area contributed by atoms with Gasteiger partial charge in [-0.15, -0.1) is 0 Å². The minimum Gasteiger partial charge on any atom is -0.207 e. The Bertz CT molecular complexity index is 1100. The van der Waals surface area contributed by atoms with E-state index in [1.807, 2.05) is 42.5 Å². The molecule has 0 amide bonds. The molecule has 5 heteroatoms. The highest BCUT2D eigenvalue weighted by molar-refractivity contribution is 9.10. The maximum atomic E-state index is 13.6. The molecule has 4 rings (SSSR count).